The van der Waals surface area contributed by atoms with E-state index in [0.29, 0.717) is 90.1 Å². The molecule has 3 atom stereocenters. The fraction of sp³-hybridized carbons (Fsp3) is 0.457. The number of rotatable bonds is 10. The molecule has 0 bridgehead atoms. The molecule has 1 fully saturated rings. The summed E-state index contributed by atoms with van der Waals surface area (Å²) in [5.74, 6) is 0.830. The maximum Gasteiger partial charge on any atom is 0.326 e. The van der Waals surface area contributed by atoms with Gasteiger partial charge in [0.05, 0.1) is 42.0 Å². The second-order valence-electron chi connectivity index (χ2n) is 12.9. The van der Waals surface area contributed by atoms with Gasteiger partial charge >= 0.3 is 6.03 Å². The summed E-state index contributed by atoms with van der Waals surface area (Å²) in [7, 11) is -3.29. The van der Waals surface area contributed by atoms with Gasteiger partial charge in [0.25, 0.3) is 0 Å². The van der Waals surface area contributed by atoms with Gasteiger partial charge < -0.3 is 9.64 Å². The molecule has 5 rings (SSSR count). The van der Waals surface area contributed by atoms with Crippen LogP contribution in [0.5, 0.6) is 5.75 Å². The van der Waals surface area contributed by atoms with E-state index in [1.807, 2.05) is 54.3 Å². The summed E-state index contributed by atoms with van der Waals surface area (Å²) < 4.78 is 31.8. The monoisotopic (exact) mass is 746 g/mol. The number of carbonyl (C=O) groups is 1. The fourth-order valence-electron chi connectivity index (χ4n) is 6.41. The molecule has 14 heteroatoms. The first kappa shape index (κ1) is 37.2. The predicted molar refractivity (Wildman–Crippen MR) is 195 cm³/mol. The lowest BCUT2D eigenvalue weighted by atomic mass is 9.85. The van der Waals surface area contributed by atoms with Crippen molar-refractivity contribution in [1.29, 1.82) is 5.26 Å². The summed E-state index contributed by atoms with van der Waals surface area (Å²) in [5, 5.41) is 11.5. The van der Waals surface area contributed by atoms with Crippen LogP contribution in [0.25, 0.3) is 0 Å². The molecule has 2 amide bonds. The second-order valence-corrected chi connectivity index (χ2v) is 16.0. The van der Waals surface area contributed by atoms with Crippen LogP contribution in [0.2, 0.25) is 10.0 Å². The fourth-order valence-corrected chi connectivity index (χ4v) is 7.56. The number of benzene rings is 2. The average molecular weight is 748 g/mol. The molecule has 2 aromatic carbocycles. The van der Waals surface area contributed by atoms with E-state index in [0.717, 1.165) is 11.8 Å². The summed E-state index contributed by atoms with van der Waals surface area (Å²) in [6.07, 6.45) is 7.65. The first-order valence-corrected chi connectivity index (χ1v) is 19.3. The summed E-state index contributed by atoms with van der Waals surface area (Å²) >= 11 is 19.6. The van der Waals surface area contributed by atoms with Crippen LogP contribution in [0, 0.1) is 17.2 Å². The molecular formula is C35H41Cl3N6O4S. The Bertz CT molecular complexity index is 1800. The van der Waals surface area contributed by atoms with Crippen LogP contribution < -0.4 is 9.46 Å². The molecule has 1 aliphatic carbocycles. The smallest absolute Gasteiger partial charge is 0.326 e. The number of amides is 2. The Labute approximate surface area is 304 Å². The molecule has 1 unspecified atom stereocenters. The number of piperazine rings is 1. The van der Waals surface area contributed by atoms with E-state index < -0.39 is 21.5 Å². The first-order chi connectivity index (χ1) is 23.2. The Kier molecular flexibility index (Phi) is 11.7. The highest BCUT2D eigenvalue weighted by molar-refractivity contribution is 7.88. The molecule has 1 saturated heterocycles. The van der Waals surface area contributed by atoms with Gasteiger partial charge in [0.1, 0.15) is 11.6 Å². The zero-order valence-electron chi connectivity index (χ0n) is 28.0. The zero-order chi connectivity index (χ0) is 35.5. The molecule has 2 heterocycles. The van der Waals surface area contributed by atoms with Gasteiger partial charge in [-0.2, -0.15) is 5.26 Å². The highest BCUT2D eigenvalue weighted by Gasteiger charge is 2.47. The number of amidine groups is 1. The molecule has 3 aliphatic rings. The molecule has 0 saturated carbocycles. The SMILES string of the molecule is CCOc1cc(C(C)(C)C#N)c(Cl)cc1C1=N[C@@H](C2C=CC(Cl)=CC2)[C@@H](c2ccc(Cl)cc2)N1C(=O)N1CCN(CCNS(C)(=O)=O)CC1. The molecule has 2 aliphatic heterocycles. The lowest BCUT2D eigenvalue weighted by molar-refractivity contribution is 0.119. The van der Waals surface area contributed by atoms with E-state index in [2.05, 4.69) is 15.7 Å². The highest BCUT2D eigenvalue weighted by atomic mass is 35.5. The number of aliphatic imine (C=N–C) groups is 1. The van der Waals surface area contributed by atoms with Gasteiger partial charge in [-0.15, -0.1) is 0 Å². The van der Waals surface area contributed by atoms with Crippen molar-refractivity contribution in [3.8, 4) is 11.8 Å². The number of hydrogen-bond donors (Lipinski definition) is 1. The molecular weight excluding hydrogens is 707 g/mol. The average Bonchev–Trinajstić information content (AvgIpc) is 3.46. The standard InChI is InChI=1S/C35H41Cl3N6O4S/c1-5-48-30-21-28(35(2,3)22-39)29(38)20-27(30)33-41-31(23-6-10-25(36)11-7-23)32(24-8-12-26(37)13-9-24)44(33)34(45)43-18-16-42(17-19-43)15-14-40-49(4,46)47/h6,8-13,20-21,23,31-32,40H,5,7,14-19H2,1-4H3/t23?,31-,32+/m0/s1. The third-order valence-corrected chi connectivity index (χ3v) is 10.6. The highest BCUT2D eigenvalue weighted by Crippen LogP contribution is 2.44. The Morgan fingerprint density at radius 3 is 2.41 bits per heavy atom. The second kappa shape index (κ2) is 15.4. The topological polar surface area (TPSA) is 118 Å². The largest absolute Gasteiger partial charge is 0.493 e. The number of carbonyl (C=O) groups excluding carboxylic acids is 1. The third-order valence-electron chi connectivity index (χ3n) is 9.04. The van der Waals surface area contributed by atoms with Crippen molar-refractivity contribution < 1.29 is 17.9 Å². The van der Waals surface area contributed by atoms with Crippen LogP contribution in [0.4, 0.5) is 4.79 Å². The van der Waals surface area contributed by atoms with Crippen molar-refractivity contribution in [2.75, 3.05) is 52.1 Å². The van der Waals surface area contributed by atoms with Gasteiger partial charge in [-0.25, -0.2) is 17.9 Å². The molecule has 0 aromatic heterocycles. The van der Waals surface area contributed by atoms with Gasteiger partial charge in [-0.05, 0) is 68.7 Å². The van der Waals surface area contributed by atoms with Crippen LogP contribution >= 0.6 is 34.8 Å². The van der Waals surface area contributed by atoms with E-state index in [4.69, 9.17) is 44.5 Å². The van der Waals surface area contributed by atoms with E-state index in [1.165, 1.54) is 0 Å². The summed E-state index contributed by atoms with van der Waals surface area (Å²) in [5.41, 5.74) is 1.14. The quantitative estimate of drug-likeness (QED) is 0.303. The van der Waals surface area contributed by atoms with Gasteiger partial charge in [-0.3, -0.25) is 14.8 Å². The number of nitriles is 1. The summed E-state index contributed by atoms with van der Waals surface area (Å²) in [4.78, 5) is 25.9. The maximum absolute atomic E-state index is 14.9. The summed E-state index contributed by atoms with van der Waals surface area (Å²) in [6.45, 7) is 8.68. The number of halogens is 3. The number of urea groups is 1. The predicted octanol–water partition coefficient (Wildman–Crippen LogP) is 6.35. The molecule has 2 aromatic rings. The maximum atomic E-state index is 14.9. The number of hydrogen-bond acceptors (Lipinski definition) is 7. The molecule has 0 radical (unpaired) electrons. The molecule has 0 spiro atoms. The summed E-state index contributed by atoms with van der Waals surface area (Å²) in [6, 6.07) is 12.2. The number of nitrogens with one attached hydrogen (secondary N) is 1. The van der Waals surface area contributed by atoms with Crippen molar-refractivity contribution in [1.82, 2.24) is 19.4 Å². The van der Waals surface area contributed by atoms with Crippen LogP contribution in [-0.4, -0.2) is 93.2 Å². The Balaban J connectivity index is 1.58. The van der Waals surface area contributed by atoms with Crippen molar-refractivity contribution >= 4 is 56.7 Å². The zero-order valence-corrected chi connectivity index (χ0v) is 31.1. The minimum absolute atomic E-state index is 0.0713. The van der Waals surface area contributed by atoms with Crippen molar-refractivity contribution in [2.24, 2.45) is 10.9 Å². The van der Waals surface area contributed by atoms with E-state index in [-0.39, 0.29) is 18.0 Å². The number of nitrogens with zero attached hydrogens (tertiary/aromatic N) is 5. The Morgan fingerprint density at radius 2 is 1.82 bits per heavy atom. The van der Waals surface area contributed by atoms with E-state index >= 15 is 0 Å². The van der Waals surface area contributed by atoms with Crippen LogP contribution in [-0.2, 0) is 15.4 Å². The molecule has 49 heavy (non-hydrogen) atoms. The first-order valence-electron chi connectivity index (χ1n) is 16.2. The lowest BCUT2D eigenvalue weighted by Gasteiger charge is -2.39. The van der Waals surface area contributed by atoms with Crippen LogP contribution in [0.3, 0.4) is 0 Å². The Morgan fingerprint density at radius 1 is 1.12 bits per heavy atom. The normalized spacial score (nSPS) is 21.7. The molecule has 10 nitrogen and oxygen atoms in total. The van der Waals surface area contributed by atoms with Crippen LogP contribution in [0.1, 0.15) is 49.9 Å². The minimum atomic E-state index is -3.29. The lowest BCUT2D eigenvalue weighted by Crippen LogP contribution is -2.55. The van der Waals surface area contributed by atoms with E-state index in [9.17, 15) is 18.5 Å². The van der Waals surface area contributed by atoms with Crippen molar-refractivity contribution in [2.45, 2.75) is 44.7 Å². The molecule has 1 N–H and O–H groups in total. The number of sulfonamides is 1. The van der Waals surface area contributed by atoms with Gasteiger partial charge in [0.15, 0.2) is 0 Å². The number of ether oxygens (including phenoxy) is 1. The Hall–Kier alpha value is -3.11. The number of allylic oxidation sites excluding steroid dienone is 3. The van der Waals surface area contributed by atoms with Gasteiger partial charge in [0, 0.05) is 60.3 Å². The molecule has 262 valence electrons. The van der Waals surface area contributed by atoms with Gasteiger partial charge in [-0.1, -0.05) is 59.1 Å². The van der Waals surface area contributed by atoms with Crippen LogP contribution in [0.15, 0.2) is 64.7 Å². The minimum Gasteiger partial charge on any atom is -0.493 e. The van der Waals surface area contributed by atoms with Crippen molar-refractivity contribution in [3.05, 3.63) is 86.4 Å². The van der Waals surface area contributed by atoms with Crippen molar-refractivity contribution in [3.63, 3.8) is 0 Å². The van der Waals surface area contributed by atoms with E-state index in [1.54, 1.807) is 30.9 Å². The van der Waals surface area contributed by atoms with Gasteiger partial charge in [0.2, 0.25) is 10.0 Å². The third kappa shape index (κ3) is 8.62.